The number of oxazole rings is 1. The predicted molar refractivity (Wildman–Crippen MR) is 122 cm³/mol. The molecule has 1 amide bonds. The Morgan fingerprint density at radius 2 is 1.83 bits per heavy atom. The lowest BCUT2D eigenvalue weighted by Crippen LogP contribution is -2.13. The summed E-state index contributed by atoms with van der Waals surface area (Å²) in [5.41, 5.74) is 4.22. The van der Waals surface area contributed by atoms with Gasteiger partial charge in [-0.2, -0.15) is 4.98 Å². The second kappa shape index (κ2) is 7.39. The van der Waals surface area contributed by atoms with Gasteiger partial charge in [0.1, 0.15) is 0 Å². The number of hydrogen-bond donors (Lipinski definition) is 1. The average Bonchev–Trinajstić information content (AvgIpc) is 3.19. The Labute approximate surface area is 180 Å². The van der Waals surface area contributed by atoms with Crippen LogP contribution in [0.3, 0.4) is 0 Å². The van der Waals surface area contributed by atoms with Gasteiger partial charge in [-0.15, -0.1) is 0 Å². The van der Waals surface area contributed by atoms with Crippen LogP contribution in [0, 0.1) is 6.92 Å². The molecule has 6 heteroatoms. The van der Waals surface area contributed by atoms with Crippen molar-refractivity contribution < 1.29 is 9.21 Å². The minimum Gasteiger partial charge on any atom is -0.434 e. The van der Waals surface area contributed by atoms with Crippen molar-refractivity contribution in [2.24, 2.45) is 0 Å². The van der Waals surface area contributed by atoms with E-state index in [4.69, 9.17) is 4.42 Å². The van der Waals surface area contributed by atoms with Crippen molar-refractivity contribution in [3.05, 3.63) is 88.5 Å². The van der Waals surface area contributed by atoms with Crippen LogP contribution in [0.5, 0.6) is 0 Å². The molecule has 2 aromatic heterocycles. The second-order valence-corrected chi connectivity index (χ2v) is 7.82. The maximum Gasteiger partial charge on any atom is 0.256 e. The first-order valence-electron chi connectivity index (χ1n) is 9.41. The van der Waals surface area contributed by atoms with E-state index < -0.39 is 0 Å². The molecule has 0 saturated carbocycles. The number of nitrogens with zero attached hydrogens (tertiary/aromatic N) is 2. The van der Waals surface area contributed by atoms with Crippen molar-refractivity contribution in [1.82, 2.24) is 9.97 Å². The summed E-state index contributed by atoms with van der Waals surface area (Å²) in [5.74, 6) is 0.298. The van der Waals surface area contributed by atoms with Gasteiger partial charge in [0, 0.05) is 27.5 Å². The third kappa shape index (κ3) is 3.25. The SMILES string of the molecule is Cc1ccc(-c2nc3ncccc3o2)cc1NC(=O)c1cccc2c(Br)cccc12. The highest BCUT2D eigenvalue weighted by molar-refractivity contribution is 9.10. The van der Waals surface area contributed by atoms with Gasteiger partial charge in [-0.05, 0) is 59.7 Å². The van der Waals surface area contributed by atoms with Crippen LogP contribution in [-0.4, -0.2) is 15.9 Å². The second-order valence-electron chi connectivity index (χ2n) is 6.97. The molecule has 0 radical (unpaired) electrons. The number of amides is 1. The van der Waals surface area contributed by atoms with Gasteiger partial charge in [-0.1, -0.05) is 46.3 Å². The Bertz CT molecular complexity index is 1390. The van der Waals surface area contributed by atoms with Crippen molar-refractivity contribution in [3.8, 4) is 11.5 Å². The minimum atomic E-state index is -0.168. The average molecular weight is 458 g/mol. The van der Waals surface area contributed by atoms with E-state index in [-0.39, 0.29) is 5.91 Å². The first-order valence-corrected chi connectivity index (χ1v) is 10.2. The molecule has 2 heterocycles. The van der Waals surface area contributed by atoms with Gasteiger partial charge in [-0.25, -0.2) is 4.98 Å². The number of carbonyl (C=O) groups is 1. The highest BCUT2D eigenvalue weighted by Crippen LogP contribution is 2.29. The van der Waals surface area contributed by atoms with E-state index in [1.807, 2.05) is 67.6 Å². The van der Waals surface area contributed by atoms with E-state index in [0.29, 0.717) is 28.4 Å². The van der Waals surface area contributed by atoms with Gasteiger partial charge < -0.3 is 9.73 Å². The Morgan fingerprint density at radius 3 is 2.70 bits per heavy atom. The normalized spacial score (nSPS) is 11.1. The van der Waals surface area contributed by atoms with Crippen LogP contribution in [0.1, 0.15) is 15.9 Å². The molecule has 0 unspecified atom stereocenters. The summed E-state index contributed by atoms with van der Waals surface area (Å²) >= 11 is 3.55. The van der Waals surface area contributed by atoms with E-state index in [1.54, 1.807) is 12.3 Å². The van der Waals surface area contributed by atoms with Crippen molar-refractivity contribution in [1.29, 1.82) is 0 Å². The molecule has 0 bridgehead atoms. The summed E-state index contributed by atoms with van der Waals surface area (Å²) < 4.78 is 6.77. The summed E-state index contributed by atoms with van der Waals surface area (Å²) in [6.07, 6.45) is 1.68. The monoisotopic (exact) mass is 457 g/mol. The Balaban J connectivity index is 1.51. The Morgan fingerprint density at radius 1 is 1.00 bits per heavy atom. The van der Waals surface area contributed by atoms with Crippen LogP contribution in [0.2, 0.25) is 0 Å². The van der Waals surface area contributed by atoms with Crippen molar-refractivity contribution >= 4 is 49.5 Å². The van der Waals surface area contributed by atoms with Crippen LogP contribution in [0.4, 0.5) is 5.69 Å². The molecule has 30 heavy (non-hydrogen) atoms. The molecule has 1 N–H and O–H groups in total. The third-order valence-corrected chi connectivity index (χ3v) is 5.70. The fraction of sp³-hybridized carbons (Fsp3) is 0.0417. The van der Waals surface area contributed by atoms with E-state index in [1.165, 1.54) is 0 Å². The molecule has 146 valence electrons. The predicted octanol–water partition coefficient (Wildman–Crippen LogP) is 6.37. The molecule has 0 spiro atoms. The smallest absolute Gasteiger partial charge is 0.256 e. The van der Waals surface area contributed by atoms with Crippen LogP contribution < -0.4 is 5.32 Å². The summed E-state index contributed by atoms with van der Waals surface area (Å²) in [6.45, 7) is 1.95. The topological polar surface area (TPSA) is 68.0 Å². The Kier molecular flexibility index (Phi) is 4.56. The van der Waals surface area contributed by atoms with Gasteiger partial charge in [0.2, 0.25) is 5.89 Å². The van der Waals surface area contributed by atoms with E-state index in [0.717, 1.165) is 26.4 Å². The zero-order valence-corrected chi connectivity index (χ0v) is 17.6. The third-order valence-electron chi connectivity index (χ3n) is 5.01. The molecule has 0 atom stereocenters. The maximum atomic E-state index is 13.1. The first kappa shape index (κ1) is 18.5. The summed E-state index contributed by atoms with van der Waals surface area (Å²) in [5, 5.41) is 4.93. The molecule has 5 rings (SSSR count). The molecule has 5 aromatic rings. The molecule has 0 aliphatic carbocycles. The maximum absolute atomic E-state index is 13.1. The van der Waals surface area contributed by atoms with Crippen molar-refractivity contribution in [2.45, 2.75) is 6.92 Å². The van der Waals surface area contributed by atoms with Gasteiger partial charge in [0.05, 0.1) is 0 Å². The largest absolute Gasteiger partial charge is 0.434 e. The number of rotatable bonds is 3. The van der Waals surface area contributed by atoms with Crippen molar-refractivity contribution in [3.63, 3.8) is 0 Å². The summed E-state index contributed by atoms with van der Waals surface area (Å²) in [7, 11) is 0. The molecule has 5 nitrogen and oxygen atoms in total. The van der Waals surface area contributed by atoms with Crippen LogP contribution >= 0.6 is 15.9 Å². The highest BCUT2D eigenvalue weighted by atomic mass is 79.9. The molecule has 0 fully saturated rings. The number of aryl methyl sites for hydroxylation is 1. The number of nitrogens with one attached hydrogen (secondary N) is 1. The number of pyridine rings is 1. The first-order chi connectivity index (χ1) is 14.6. The van der Waals surface area contributed by atoms with Crippen molar-refractivity contribution in [2.75, 3.05) is 5.32 Å². The molecular formula is C24H16BrN3O2. The standard InChI is InChI=1S/C24H16BrN3O2/c1-14-10-11-15(24-28-22-21(30-24)9-4-12-26-22)13-20(14)27-23(29)18-7-2-6-17-16(18)5-3-8-19(17)25/h2-13H,1H3,(H,27,29). The minimum absolute atomic E-state index is 0.168. The number of fused-ring (bicyclic) bond motifs is 2. The number of hydrogen-bond acceptors (Lipinski definition) is 4. The van der Waals surface area contributed by atoms with E-state index in [2.05, 4.69) is 31.2 Å². The number of halogens is 1. The fourth-order valence-electron chi connectivity index (χ4n) is 3.44. The number of carbonyl (C=O) groups excluding carboxylic acids is 1. The van der Waals surface area contributed by atoms with Gasteiger partial charge in [-0.3, -0.25) is 4.79 Å². The molecular weight excluding hydrogens is 442 g/mol. The van der Waals surface area contributed by atoms with Crippen LogP contribution in [-0.2, 0) is 0 Å². The fourth-order valence-corrected chi connectivity index (χ4v) is 3.94. The number of benzene rings is 3. The zero-order chi connectivity index (χ0) is 20.7. The van der Waals surface area contributed by atoms with Gasteiger partial charge in [0.15, 0.2) is 11.2 Å². The van der Waals surface area contributed by atoms with Gasteiger partial charge >= 0.3 is 0 Å². The Hall–Kier alpha value is -3.51. The molecule has 0 aliphatic rings. The lowest BCUT2D eigenvalue weighted by Gasteiger charge is -2.12. The number of anilines is 1. The highest BCUT2D eigenvalue weighted by Gasteiger charge is 2.15. The molecule has 0 aliphatic heterocycles. The van der Waals surface area contributed by atoms with E-state index in [9.17, 15) is 4.79 Å². The lowest BCUT2D eigenvalue weighted by molar-refractivity contribution is 0.102. The van der Waals surface area contributed by atoms with Crippen LogP contribution in [0.25, 0.3) is 33.5 Å². The summed E-state index contributed by atoms with van der Waals surface area (Å²) in [4.78, 5) is 21.8. The summed E-state index contributed by atoms with van der Waals surface area (Å²) in [6, 6.07) is 20.9. The zero-order valence-electron chi connectivity index (χ0n) is 16.0. The number of aromatic nitrogens is 2. The van der Waals surface area contributed by atoms with Gasteiger partial charge in [0.25, 0.3) is 5.91 Å². The lowest BCUT2D eigenvalue weighted by atomic mass is 10.0. The molecule has 3 aromatic carbocycles. The quantitative estimate of drug-likeness (QED) is 0.341. The molecule has 0 saturated heterocycles. The van der Waals surface area contributed by atoms with Crippen LogP contribution in [0.15, 0.2) is 81.8 Å². The van der Waals surface area contributed by atoms with E-state index >= 15 is 0 Å².